The number of thioether (sulfide) groups is 1. The third-order valence-corrected chi connectivity index (χ3v) is 4.28. The van der Waals surface area contributed by atoms with E-state index in [4.69, 9.17) is 4.74 Å². The lowest BCUT2D eigenvalue weighted by Crippen LogP contribution is -2.11. The first-order chi connectivity index (χ1) is 10.4. The summed E-state index contributed by atoms with van der Waals surface area (Å²) in [6.45, 7) is 0.656. The Morgan fingerprint density at radius 1 is 1.10 bits per heavy atom. The van der Waals surface area contributed by atoms with Gasteiger partial charge in [-0.3, -0.25) is 0 Å². The molecule has 2 aromatic carbocycles. The van der Waals surface area contributed by atoms with Crippen LogP contribution in [0.4, 0.5) is 0 Å². The van der Waals surface area contributed by atoms with E-state index >= 15 is 0 Å². The number of hydrogen-bond acceptors (Lipinski definition) is 4. The van der Waals surface area contributed by atoms with Gasteiger partial charge in [-0.25, -0.2) is 4.68 Å². The van der Waals surface area contributed by atoms with Crippen molar-refractivity contribution in [2.75, 3.05) is 12.9 Å². The molecular formula is C16H17N3OS. The second kappa shape index (κ2) is 6.63. The van der Waals surface area contributed by atoms with E-state index in [9.17, 15) is 0 Å². The minimum Gasteiger partial charge on any atom is -0.493 e. The first kappa shape index (κ1) is 13.9. The molecule has 1 aromatic heterocycles. The van der Waals surface area contributed by atoms with Gasteiger partial charge in [-0.1, -0.05) is 35.5 Å². The van der Waals surface area contributed by atoms with Gasteiger partial charge in [0.05, 0.1) is 12.1 Å². The summed E-state index contributed by atoms with van der Waals surface area (Å²) in [6, 6.07) is 17.9. The average Bonchev–Trinajstić information content (AvgIpc) is 2.97. The molecule has 0 N–H and O–H groups in total. The van der Waals surface area contributed by atoms with Crippen molar-refractivity contribution in [2.45, 2.75) is 11.8 Å². The van der Waals surface area contributed by atoms with E-state index in [-0.39, 0.29) is 5.37 Å². The highest BCUT2D eigenvalue weighted by Crippen LogP contribution is 2.26. The molecule has 3 rings (SSSR count). The molecule has 1 atom stereocenters. The first-order valence-corrected chi connectivity index (χ1v) is 8.18. The van der Waals surface area contributed by atoms with Crippen molar-refractivity contribution < 1.29 is 4.74 Å². The van der Waals surface area contributed by atoms with Crippen molar-refractivity contribution in [2.24, 2.45) is 0 Å². The van der Waals surface area contributed by atoms with E-state index in [1.54, 1.807) is 11.8 Å². The van der Waals surface area contributed by atoms with Crippen LogP contribution in [0.15, 0.2) is 54.6 Å². The molecular weight excluding hydrogens is 282 g/mol. The zero-order chi connectivity index (χ0) is 14.5. The summed E-state index contributed by atoms with van der Waals surface area (Å²) in [5, 5.41) is 8.72. The smallest absolute Gasteiger partial charge is 0.119 e. The number of fused-ring (bicyclic) bond motifs is 1. The fourth-order valence-corrected chi connectivity index (χ4v) is 2.92. The quantitative estimate of drug-likeness (QED) is 0.695. The summed E-state index contributed by atoms with van der Waals surface area (Å²) in [6.07, 6.45) is 2.97. The molecule has 21 heavy (non-hydrogen) atoms. The Kier molecular flexibility index (Phi) is 4.40. The number of para-hydroxylation sites is 2. The van der Waals surface area contributed by atoms with E-state index in [0.29, 0.717) is 6.61 Å². The molecule has 0 aliphatic rings. The van der Waals surface area contributed by atoms with Crippen molar-refractivity contribution in [3.05, 3.63) is 54.6 Å². The Morgan fingerprint density at radius 3 is 2.67 bits per heavy atom. The van der Waals surface area contributed by atoms with E-state index < -0.39 is 0 Å². The number of nitrogens with zero attached hydrogens (tertiary/aromatic N) is 3. The van der Waals surface area contributed by atoms with Gasteiger partial charge in [0.2, 0.25) is 0 Å². The Labute approximate surface area is 128 Å². The zero-order valence-electron chi connectivity index (χ0n) is 11.8. The molecule has 4 nitrogen and oxygen atoms in total. The van der Waals surface area contributed by atoms with Gasteiger partial charge in [0.25, 0.3) is 0 Å². The van der Waals surface area contributed by atoms with E-state index in [1.165, 1.54) is 0 Å². The normalized spacial score (nSPS) is 12.4. The van der Waals surface area contributed by atoms with Crippen LogP contribution in [0.3, 0.4) is 0 Å². The van der Waals surface area contributed by atoms with Crippen LogP contribution in [0, 0.1) is 0 Å². The number of hydrogen-bond donors (Lipinski definition) is 0. The van der Waals surface area contributed by atoms with Crippen molar-refractivity contribution in [1.82, 2.24) is 15.0 Å². The summed E-state index contributed by atoms with van der Waals surface area (Å²) >= 11 is 1.76. The monoisotopic (exact) mass is 299 g/mol. The van der Waals surface area contributed by atoms with E-state index in [1.807, 2.05) is 53.2 Å². The molecule has 0 aliphatic carbocycles. The lowest BCUT2D eigenvalue weighted by atomic mass is 10.3. The third kappa shape index (κ3) is 3.19. The molecule has 0 saturated carbocycles. The van der Waals surface area contributed by atoms with Gasteiger partial charge >= 0.3 is 0 Å². The van der Waals surface area contributed by atoms with Crippen molar-refractivity contribution in [3.63, 3.8) is 0 Å². The number of rotatable bonds is 6. The molecule has 0 bridgehead atoms. The van der Waals surface area contributed by atoms with E-state index in [2.05, 4.69) is 22.6 Å². The van der Waals surface area contributed by atoms with Crippen molar-refractivity contribution >= 4 is 22.8 Å². The molecule has 108 valence electrons. The van der Waals surface area contributed by atoms with Gasteiger partial charge in [-0.2, -0.15) is 0 Å². The maximum Gasteiger partial charge on any atom is 0.119 e. The molecule has 5 heteroatoms. The van der Waals surface area contributed by atoms with Crippen LogP contribution in [0.5, 0.6) is 5.75 Å². The van der Waals surface area contributed by atoms with Gasteiger partial charge in [0.1, 0.15) is 16.6 Å². The Morgan fingerprint density at radius 2 is 1.86 bits per heavy atom. The van der Waals surface area contributed by atoms with Crippen LogP contribution in [0.1, 0.15) is 11.8 Å². The fraction of sp³-hybridized carbons (Fsp3) is 0.250. The van der Waals surface area contributed by atoms with Crippen LogP contribution in [-0.2, 0) is 0 Å². The lowest BCUT2D eigenvalue weighted by molar-refractivity contribution is 0.297. The fourth-order valence-electron chi connectivity index (χ4n) is 2.23. The maximum atomic E-state index is 5.77. The van der Waals surface area contributed by atoms with Crippen LogP contribution in [0.25, 0.3) is 11.0 Å². The standard InChI is InChI=1S/C16H17N3OS/c1-21-16(11-12-20-13-7-3-2-4-8-13)19-15-10-6-5-9-14(15)17-18-19/h2-10,16H,11-12H2,1H3. The SMILES string of the molecule is CSC(CCOc1ccccc1)n1nnc2ccccc21. The van der Waals surface area contributed by atoms with Gasteiger partial charge in [-0.05, 0) is 30.5 Å². The summed E-state index contributed by atoms with van der Waals surface area (Å²) in [7, 11) is 0. The van der Waals surface area contributed by atoms with Gasteiger partial charge in [-0.15, -0.1) is 16.9 Å². The predicted molar refractivity (Wildman–Crippen MR) is 86.6 cm³/mol. The Balaban J connectivity index is 1.68. The molecule has 0 radical (unpaired) electrons. The Bertz CT molecular complexity index is 699. The maximum absolute atomic E-state index is 5.77. The molecule has 0 fully saturated rings. The number of ether oxygens (including phenoxy) is 1. The second-order valence-corrected chi connectivity index (χ2v) is 5.68. The van der Waals surface area contributed by atoms with Crippen LogP contribution in [-0.4, -0.2) is 27.9 Å². The molecule has 0 aliphatic heterocycles. The van der Waals surface area contributed by atoms with Crippen molar-refractivity contribution in [3.8, 4) is 5.75 Å². The minimum absolute atomic E-state index is 0.223. The lowest BCUT2D eigenvalue weighted by Gasteiger charge is -2.15. The molecule has 0 amide bonds. The topological polar surface area (TPSA) is 39.9 Å². The van der Waals surface area contributed by atoms with Gasteiger partial charge in [0, 0.05) is 6.42 Å². The van der Waals surface area contributed by atoms with Gasteiger partial charge in [0.15, 0.2) is 0 Å². The zero-order valence-corrected chi connectivity index (χ0v) is 12.7. The molecule has 1 heterocycles. The first-order valence-electron chi connectivity index (χ1n) is 6.89. The van der Waals surface area contributed by atoms with E-state index in [0.717, 1.165) is 23.2 Å². The van der Waals surface area contributed by atoms with Crippen LogP contribution in [0.2, 0.25) is 0 Å². The summed E-state index contributed by atoms with van der Waals surface area (Å²) in [5.74, 6) is 0.904. The van der Waals surface area contributed by atoms with Crippen LogP contribution < -0.4 is 4.74 Å². The van der Waals surface area contributed by atoms with Crippen molar-refractivity contribution in [1.29, 1.82) is 0 Å². The third-order valence-electron chi connectivity index (χ3n) is 3.30. The highest BCUT2D eigenvalue weighted by atomic mass is 32.2. The summed E-state index contributed by atoms with van der Waals surface area (Å²) in [5.41, 5.74) is 2.00. The summed E-state index contributed by atoms with van der Waals surface area (Å²) in [4.78, 5) is 0. The largest absolute Gasteiger partial charge is 0.493 e. The molecule has 0 saturated heterocycles. The number of benzene rings is 2. The highest BCUT2D eigenvalue weighted by molar-refractivity contribution is 7.98. The van der Waals surface area contributed by atoms with Gasteiger partial charge < -0.3 is 4.74 Å². The summed E-state index contributed by atoms with van der Waals surface area (Å²) < 4.78 is 7.75. The molecule has 0 spiro atoms. The minimum atomic E-state index is 0.223. The molecule has 1 unspecified atom stereocenters. The Hall–Kier alpha value is -2.01. The van der Waals surface area contributed by atoms with Crippen LogP contribution >= 0.6 is 11.8 Å². The number of aromatic nitrogens is 3. The average molecular weight is 299 g/mol. The second-order valence-electron chi connectivity index (χ2n) is 4.66. The predicted octanol–water partition coefficient (Wildman–Crippen LogP) is 3.76. The highest BCUT2D eigenvalue weighted by Gasteiger charge is 2.14. The molecule has 3 aromatic rings.